The van der Waals surface area contributed by atoms with E-state index < -0.39 is 5.97 Å². The summed E-state index contributed by atoms with van der Waals surface area (Å²) in [7, 11) is 0. The Morgan fingerprint density at radius 2 is 1.88 bits per heavy atom. The van der Waals surface area contributed by atoms with Crippen molar-refractivity contribution in [2.45, 2.75) is 26.7 Å². The van der Waals surface area contributed by atoms with Gasteiger partial charge in [-0.25, -0.2) is 4.79 Å². The van der Waals surface area contributed by atoms with Crippen molar-refractivity contribution in [1.82, 2.24) is 0 Å². The third-order valence-electron chi connectivity index (χ3n) is 3.56. The SMILES string of the molecule is CCCCOc1ccc(/C=N/Nc2ccc(C(=O)O)cc2)cc1OCC. The Hall–Kier alpha value is -3.02. The maximum atomic E-state index is 10.8. The van der Waals surface area contributed by atoms with Crippen LogP contribution in [0.1, 0.15) is 42.6 Å². The van der Waals surface area contributed by atoms with Gasteiger partial charge in [-0.3, -0.25) is 5.43 Å². The van der Waals surface area contributed by atoms with Crippen molar-refractivity contribution >= 4 is 17.9 Å². The second-order valence-electron chi connectivity index (χ2n) is 5.59. The van der Waals surface area contributed by atoms with Crippen LogP contribution < -0.4 is 14.9 Å². The van der Waals surface area contributed by atoms with Crippen molar-refractivity contribution in [1.29, 1.82) is 0 Å². The summed E-state index contributed by atoms with van der Waals surface area (Å²) in [6, 6.07) is 12.0. The highest BCUT2D eigenvalue weighted by atomic mass is 16.5. The van der Waals surface area contributed by atoms with Crippen LogP contribution in [0.4, 0.5) is 5.69 Å². The molecule has 2 aromatic rings. The minimum atomic E-state index is -0.954. The first kappa shape index (κ1) is 19.3. The Kier molecular flexibility index (Phi) is 7.49. The summed E-state index contributed by atoms with van der Waals surface area (Å²) in [6.45, 7) is 5.27. The van der Waals surface area contributed by atoms with Gasteiger partial charge in [0.15, 0.2) is 11.5 Å². The lowest BCUT2D eigenvalue weighted by Gasteiger charge is -2.12. The Morgan fingerprint density at radius 3 is 2.54 bits per heavy atom. The van der Waals surface area contributed by atoms with Gasteiger partial charge in [0.2, 0.25) is 0 Å². The summed E-state index contributed by atoms with van der Waals surface area (Å²) in [4.78, 5) is 10.8. The fourth-order valence-electron chi connectivity index (χ4n) is 2.19. The van der Waals surface area contributed by atoms with Crippen LogP contribution in [-0.4, -0.2) is 30.5 Å². The maximum absolute atomic E-state index is 10.8. The standard InChI is InChI=1S/C20H24N2O4/c1-3-5-12-26-18-11-6-15(13-19(18)25-4-2)14-21-22-17-9-7-16(8-10-17)20(23)24/h6-11,13-14,22H,3-5,12H2,1-2H3,(H,23,24)/b21-14+. The van der Waals surface area contributed by atoms with Crippen molar-refractivity contribution in [3.05, 3.63) is 53.6 Å². The molecule has 138 valence electrons. The van der Waals surface area contributed by atoms with Crippen molar-refractivity contribution in [3.8, 4) is 11.5 Å². The van der Waals surface area contributed by atoms with Gasteiger partial charge in [0, 0.05) is 0 Å². The Balaban J connectivity index is 2.02. The van der Waals surface area contributed by atoms with E-state index in [9.17, 15) is 4.79 Å². The third-order valence-corrected chi connectivity index (χ3v) is 3.56. The summed E-state index contributed by atoms with van der Waals surface area (Å²) < 4.78 is 11.4. The molecule has 2 N–H and O–H groups in total. The van der Waals surface area contributed by atoms with Crippen LogP contribution in [0, 0.1) is 0 Å². The third kappa shape index (κ3) is 5.81. The number of hydrogen-bond donors (Lipinski definition) is 2. The van der Waals surface area contributed by atoms with Gasteiger partial charge in [-0.1, -0.05) is 13.3 Å². The van der Waals surface area contributed by atoms with Crippen LogP contribution in [-0.2, 0) is 0 Å². The summed E-state index contributed by atoms with van der Waals surface area (Å²) in [6.07, 6.45) is 3.75. The van der Waals surface area contributed by atoms with Gasteiger partial charge in [-0.2, -0.15) is 5.10 Å². The van der Waals surface area contributed by atoms with Crippen LogP contribution in [0.3, 0.4) is 0 Å². The minimum Gasteiger partial charge on any atom is -0.490 e. The molecule has 2 aromatic carbocycles. The molecule has 2 rings (SSSR count). The zero-order valence-electron chi connectivity index (χ0n) is 15.1. The molecule has 0 saturated carbocycles. The quantitative estimate of drug-likeness (QED) is 0.374. The normalized spacial score (nSPS) is 10.7. The summed E-state index contributed by atoms with van der Waals surface area (Å²) in [5.74, 6) is 0.470. The molecule has 0 radical (unpaired) electrons. The van der Waals surface area contributed by atoms with Gasteiger partial charge in [0.25, 0.3) is 0 Å². The van der Waals surface area contributed by atoms with Crippen LogP contribution in [0.5, 0.6) is 11.5 Å². The number of benzene rings is 2. The van der Waals surface area contributed by atoms with Crippen LogP contribution in [0.2, 0.25) is 0 Å². The summed E-state index contributed by atoms with van der Waals surface area (Å²) in [5.41, 5.74) is 4.68. The van der Waals surface area contributed by atoms with Gasteiger partial charge in [-0.15, -0.1) is 0 Å². The highest BCUT2D eigenvalue weighted by Gasteiger charge is 2.06. The molecule has 0 aliphatic carbocycles. The van der Waals surface area contributed by atoms with Crippen LogP contribution in [0.25, 0.3) is 0 Å². The molecule has 0 unspecified atom stereocenters. The molecule has 6 nitrogen and oxygen atoms in total. The lowest BCUT2D eigenvalue weighted by atomic mass is 10.2. The highest BCUT2D eigenvalue weighted by Crippen LogP contribution is 2.28. The zero-order chi connectivity index (χ0) is 18.8. The number of aromatic carboxylic acids is 1. The van der Waals surface area contributed by atoms with Crippen molar-refractivity contribution in [3.63, 3.8) is 0 Å². The molecule has 0 aliphatic heterocycles. The van der Waals surface area contributed by atoms with Crippen molar-refractivity contribution in [2.24, 2.45) is 5.10 Å². The minimum absolute atomic E-state index is 0.236. The average molecular weight is 356 g/mol. The largest absolute Gasteiger partial charge is 0.490 e. The Morgan fingerprint density at radius 1 is 1.12 bits per heavy atom. The maximum Gasteiger partial charge on any atom is 0.335 e. The molecular formula is C20H24N2O4. The van der Waals surface area contributed by atoms with E-state index in [1.54, 1.807) is 18.3 Å². The lowest BCUT2D eigenvalue weighted by Crippen LogP contribution is -2.01. The van der Waals surface area contributed by atoms with Crippen LogP contribution in [0.15, 0.2) is 47.6 Å². The molecular weight excluding hydrogens is 332 g/mol. The zero-order valence-corrected chi connectivity index (χ0v) is 15.1. The van der Waals surface area contributed by atoms with E-state index >= 15 is 0 Å². The molecule has 6 heteroatoms. The van der Waals surface area contributed by atoms with Gasteiger partial charge in [-0.05, 0) is 61.4 Å². The number of hydrazone groups is 1. The van der Waals surface area contributed by atoms with Crippen molar-refractivity contribution < 1.29 is 19.4 Å². The van der Waals surface area contributed by atoms with Crippen molar-refractivity contribution in [2.75, 3.05) is 18.6 Å². The fourth-order valence-corrected chi connectivity index (χ4v) is 2.19. The first-order valence-corrected chi connectivity index (χ1v) is 8.66. The number of carboxylic acids is 1. The number of unbranched alkanes of at least 4 members (excludes halogenated alkanes) is 1. The average Bonchev–Trinajstić information content (AvgIpc) is 2.64. The van der Waals surface area contributed by atoms with E-state index in [1.807, 2.05) is 25.1 Å². The second-order valence-corrected chi connectivity index (χ2v) is 5.59. The summed E-state index contributed by atoms with van der Waals surface area (Å²) in [5, 5.41) is 13.1. The molecule has 0 fully saturated rings. The first-order chi connectivity index (χ1) is 12.6. The summed E-state index contributed by atoms with van der Waals surface area (Å²) >= 11 is 0. The van der Waals surface area contributed by atoms with E-state index in [0.29, 0.717) is 24.7 Å². The molecule has 0 aliphatic rings. The van der Waals surface area contributed by atoms with Crippen LogP contribution >= 0.6 is 0 Å². The predicted molar refractivity (Wildman–Crippen MR) is 103 cm³/mol. The molecule has 0 atom stereocenters. The number of ether oxygens (including phenoxy) is 2. The van der Waals surface area contributed by atoms with Gasteiger partial charge < -0.3 is 14.6 Å². The molecule has 26 heavy (non-hydrogen) atoms. The second kappa shape index (κ2) is 10.1. The Bertz CT molecular complexity index is 742. The predicted octanol–water partition coefficient (Wildman–Crippen LogP) is 4.41. The van der Waals surface area contributed by atoms with Gasteiger partial charge >= 0.3 is 5.97 Å². The molecule has 0 saturated heterocycles. The number of carbonyl (C=O) groups is 1. The number of hydrogen-bond acceptors (Lipinski definition) is 5. The topological polar surface area (TPSA) is 80.2 Å². The number of rotatable bonds is 10. The van der Waals surface area contributed by atoms with Gasteiger partial charge in [0.05, 0.1) is 30.7 Å². The highest BCUT2D eigenvalue weighted by molar-refractivity contribution is 5.88. The molecule has 0 amide bonds. The van der Waals surface area contributed by atoms with E-state index in [-0.39, 0.29) is 5.56 Å². The number of anilines is 1. The van der Waals surface area contributed by atoms with E-state index in [4.69, 9.17) is 14.6 Å². The lowest BCUT2D eigenvalue weighted by molar-refractivity contribution is 0.0697. The monoisotopic (exact) mass is 356 g/mol. The first-order valence-electron chi connectivity index (χ1n) is 8.66. The van der Waals surface area contributed by atoms with E-state index in [0.717, 1.165) is 24.2 Å². The smallest absolute Gasteiger partial charge is 0.335 e. The molecule has 0 bridgehead atoms. The Labute approximate surface area is 153 Å². The molecule has 0 aromatic heterocycles. The molecule has 0 heterocycles. The van der Waals surface area contributed by atoms with Gasteiger partial charge in [0.1, 0.15) is 0 Å². The number of nitrogens with one attached hydrogen (secondary N) is 1. The van der Waals surface area contributed by atoms with E-state index in [2.05, 4.69) is 17.5 Å². The number of carboxylic acid groups (broad SMARTS) is 1. The van der Waals surface area contributed by atoms with E-state index in [1.165, 1.54) is 12.1 Å². The molecule has 0 spiro atoms. The number of nitrogens with zero attached hydrogens (tertiary/aromatic N) is 1. The fraction of sp³-hybridized carbons (Fsp3) is 0.300.